The quantitative estimate of drug-likeness (QED) is 0.724. The molecular weight excluding hydrogens is 222 g/mol. The van der Waals surface area contributed by atoms with Gasteiger partial charge in [0.1, 0.15) is 11.6 Å². The van der Waals surface area contributed by atoms with Crippen molar-refractivity contribution >= 4 is 5.78 Å². The lowest BCUT2D eigenvalue weighted by molar-refractivity contribution is 0.103. The predicted molar refractivity (Wildman–Crippen MR) is 61.0 cm³/mol. The molecule has 0 amide bonds. The van der Waals surface area contributed by atoms with Crippen molar-refractivity contribution < 1.29 is 13.6 Å². The Morgan fingerprint density at radius 2 is 1.65 bits per heavy atom. The van der Waals surface area contributed by atoms with Crippen molar-refractivity contribution in [3.63, 3.8) is 0 Å². The number of rotatable bonds is 2. The maximum absolute atomic E-state index is 13.5. The fraction of sp³-hybridized carbons (Fsp3) is 0.0714. The zero-order valence-electron chi connectivity index (χ0n) is 9.21. The van der Waals surface area contributed by atoms with Gasteiger partial charge in [-0.25, -0.2) is 8.78 Å². The van der Waals surface area contributed by atoms with Gasteiger partial charge < -0.3 is 0 Å². The van der Waals surface area contributed by atoms with Crippen LogP contribution < -0.4 is 0 Å². The third-order valence-corrected chi connectivity index (χ3v) is 2.47. The van der Waals surface area contributed by atoms with Crippen molar-refractivity contribution in [1.82, 2.24) is 0 Å². The van der Waals surface area contributed by atoms with E-state index in [0.717, 1.165) is 5.56 Å². The standard InChI is InChI=1S/C14H10F2O/c1-9-2-7-13(16)12(8-9)14(17)10-3-5-11(15)6-4-10/h2-8H,1H3. The molecule has 0 spiro atoms. The molecule has 0 heterocycles. The smallest absolute Gasteiger partial charge is 0.195 e. The Balaban J connectivity index is 2.43. The molecule has 0 N–H and O–H groups in total. The van der Waals surface area contributed by atoms with E-state index in [1.165, 1.54) is 36.4 Å². The summed E-state index contributed by atoms with van der Waals surface area (Å²) < 4.78 is 26.2. The minimum atomic E-state index is -0.565. The van der Waals surface area contributed by atoms with E-state index in [2.05, 4.69) is 0 Å². The molecule has 86 valence electrons. The van der Waals surface area contributed by atoms with E-state index in [1.807, 2.05) is 0 Å². The second kappa shape index (κ2) is 4.45. The molecule has 0 atom stereocenters. The van der Waals surface area contributed by atoms with E-state index in [-0.39, 0.29) is 11.1 Å². The fourth-order valence-corrected chi connectivity index (χ4v) is 1.57. The van der Waals surface area contributed by atoms with Gasteiger partial charge >= 0.3 is 0 Å². The Morgan fingerprint density at radius 3 is 2.29 bits per heavy atom. The Bertz CT molecular complexity index is 559. The summed E-state index contributed by atoms with van der Waals surface area (Å²) in [4.78, 5) is 12.0. The van der Waals surface area contributed by atoms with Crippen LogP contribution in [-0.4, -0.2) is 5.78 Å². The molecule has 0 radical (unpaired) electrons. The highest BCUT2D eigenvalue weighted by Gasteiger charge is 2.13. The summed E-state index contributed by atoms with van der Waals surface area (Å²) in [6.45, 7) is 1.78. The fourth-order valence-electron chi connectivity index (χ4n) is 1.57. The third kappa shape index (κ3) is 2.38. The molecule has 3 heteroatoms. The van der Waals surface area contributed by atoms with Gasteiger partial charge in [0.05, 0.1) is 5.56 Å². The SMILES string of the molecule is Cc1ccc(F)c(C(=O)c2ccc(F)cc2)c1. The van der Waals surface area contributed by atoms with Crippen LogP contribution >= 0.6 is 0 Å². The monoisotopic (exact) mass is 232 g/mol. The lowest BCUT2D eigenvalue weighted by atomic mass is 10.0. The predicted octanol–water partition coefficient (Wildman–Crippen LogP) is 3.50. The minimum absolute atomic E-state index is 0.0107. The normalized spacial score (nSPS) is 10.3. The summed E-state index contributed by atoms with van der Waals surface area (Å²) in [5, 5.41) is 0. The van der Waals surface area contributed by atoms with Crippen LogP contribution in [-0.2, 0) is 0 Å². The van der Waals surface area contributed by atoms with E-state index in [4.69, 9.17) is 0 Å². The van der Waals surface area contributed by atoms with E-state index < -0.39 is 17.4 Å². The molecule has 0 saturated carbocycles. The largest absolute Gasteiger partial charge is 0.288 e. The maximum Gasteiger partial charge on any atom is 0.195 e. The number of benzene rings is 2. The minimum Gasteiger partial charge on any atom is -0.288 e. The molecule has 17 heavy (non-hydrogen) atoms. The van der Waals surface area contributed by atoms with Crippen LogP contribution in [0.3, 0.4) is 0 Å². The number of ketones is 1. The van der Waals surface area contributed by atoms with Gasteiger partial charge in [0.25, 0.3) is 0 Å². The number of halogens is 2. The van der Waals surface area contributed by atoms with E-state index >= 15 is 0 Å². The van der Waals surface area contributed by atoms with E-state index in [1.54, 1.807) is 13.0 Å². The first-order valence-corrected chi connectivity index (χ1v) is 5.14. The number of hydrogen-bond donors (Lipinski definition) is 0. The average Bonchev–Trinajstić information content (AvgIpc) is 2.32. The number of hydrogen-bond acceptors (Lipinski definition) is 1. The van der Waals surface area contributed by atoms with E-state index in [0.29, 0.717) is 0 Å². The highest BCUT2D eigenvalue weighted by molar-refractivity contribution is 6.09. The molecule has 0 saturated heterocycles. The first kappa shape index (κ1) is 11.5. The summed E-state index contributed by atoms with van der Waals surface area (Å²) in [6.07, 6.45) is 0. The molecule has 0 aromatic heterocycles. The highest BCUT2D eigenvalue weighted by atomic mass is 19.1. The topological polar surface area (TPSA) is 17.1 Å². The van der Waals surface area contributed by atoms with Crippen LogP contribution in [0.4, 0.5) is 8.78 Å². The van der Waals surface area contributed by atoms with Gasteiger partial charge in [-0.1, -0.05) is 11.6 Å². The Hall–Kier alpha value is -2.03. The molecule has 1 nitrogen and oxygen atoms in total. The second-order valence-corrected chi connectivity index (χ2v) is 3.82. The first-order valence-electron chi connectivity index (χ1n) is 5.14. The molecule has 0 aliphatic carbocycles. The van der Waals surface area contributed by atoms with Gasteiger partial charge in [0.2, 0.25) is 0 Å². The van der Waals surface area contributed by atoms with Crippen LogP contribution in [0.15, 0.2) is 42.5 Å². The molecule has 2 aromatic rings. The van der Waals surface area contributed by atoms with Crippen molar-refractivity contribution in [3.8, 4) is 0 Å². The molecule has 0 aliphatic rings. The summed E-state index contributed by atoms with van der Waals surface area (Å²) >= 11 is 0. The van der Waals surface area contributed by atoms with Gasteiger partial charge in [0, 0.05) is 5.56 Å². The van der Waals surface area contributed by atoms with Gasteiger partial charge in [-0.05, 0) is 43.3 Å². The van der Waals surface area contributed by atoms with E-state index in [9.17, 15) is 13.6 Å². The second-order valence-electron chi connectivity index (χ2n) is 3.82. The van der Waals surface area contributed by atoms with Gasteiger partial charge in [-0.15, -0.1) is 0 Å². The lowest BCUT2D eigenvalue weighted by Crippen LogP contribution is -2.04. The van der Waals surface area contributed by atoms with Crippen molar-refractivity contribution in [2.24, 2.45) is 0 Å². The molecule has 0 bridgehead atoms. The molecule has 2 rings (SSSR count). The molecular formula is C14H10F2O. The molecule has 0 unspecified atom stereocenters. The third-order valence-electron chi connectivity index (χ3n) is 2.47. The average molecular weight is 232 g/mol. The summed E-state index contributed by atoms with van der Waals surface area (Å²) in [7, 11) is 0. The Labute approximate surface area is 97.7 Å². The Kier molecular flexibility index (Phi) is 3.00. The van der Waals surface area contributed by atoms with Crippen LogP contribution in [0.1, 0.15) is 21.5 Å². The number of carbonyl (C=O) groups is 1. The molecule has 2 aromatic carbocycles. The van der Waals surface area contributed by atoms with Gasteiger partial charge in [0.15, 0.2) is 5.78 Å². The van der Waals surface area contributed by atoms with Crippen LogP contribution in [0.2, 0.25) is 0 Å². The van der Waals surface area contributed by atoms with Crippen molar-refractivity contribution in [2.75, 3.05) is 0 Å². The Morgan fingerprint density at radius 1 is 1.00 bits per heavy atom. The van der Waals surface area contributed by atoms with Gasteiger partial charge in [-0.2, -0.15) is 0 Å². The van der Waals surface area contributed by atoms with Crippen LogP contribution in [0, 0.1) is 18.6 Å². The van der Waals surface area contributed by atoms with Crippen LogP contribution in [0.5, 0.6) is 0 Å². The number of aryl methyl sites for hydroxylation is 1. The zero-order chi connectivity index (χ0) is 12.4. The summed E-state index contributed by atoms with van der Waals surface area (Å²) in [5.41, 5.74) is 1.09. The van der Waals surface area contributed by atoms with Gasteiger partial charge in [-0.3, -0.25) is 4.79 Å². The number of carbonyl (C=O) groups excluding carboxylic acids is 1. The molecule has 0 aliphatic heterocycles. The van der Waals surface area contributed by atoms with Crippen LogP contribution in [0.25, 0.3) is 0 Å². The zero-order valence-corrected chi connectivity index (χ0v) is 9.21. The van der Waals surface area contributed by atoms with Crippen molar-refractivity contribution in [1.29, 1.82) is 0 Å². The van der Waals surface area contributed by atoms with Crippen molar-refractivity contribution in [3.05, 3.63) is 70.8 Å². The highest BCUT2D eigenvalue weighted by Crippen LogP contribution is 2.15. The van der Waals surface area contributed by atoms with Crippen molar-refractivity contribution in [2.45, 2.75) is 6.92 Å². The molecule has 0 fully saturated rings. The maximum atomic E-state index is 13.5. The first-order chi connectivity index (χ1) is 8.08. The summed E-state index contributed by atoms with van der Waals surface area (Å²) in [5.74, 6) is -1.43. The lowest BCUT2D eigenvalue weighted by Gasteiger charge is -2.04. The summed E-state index contributed by atoms with van der Waals surface area (Å²) in [6, 6.07) is 9.39.